The summed E-state index contributed by atoms with van der Waals surface area (Å²) in [6.07, 6.45) is 9.54. The Labute approximate surface area is 153 Å². The van der Waals surface area contributed by atoms with Crippen molar-refractivity contribution in [1.29, 1.82) is 0 Å². The minimum Gasteiger partial charge on any atom is -0.469 e. The number of carbonyl (C=O) groups is 1. The highest BCUT2D eigenvalue weighted by molar-refractivity contribution is 5.85. The van der Waals surface area contributed by atoms with Crippen molar-refractivity contribution in [3.63, 3.8) is 0 Å². The molecule has 24 heavy (non-hydrogen) atoms. The number of hydrogen-bond acceptors (Lipinski definition) is 3. The lowest BCUT2D eigenvalue weighted by molar-refractivity contribution is -0.140. The smallest absolute Gasteiger partial charge is 0.305 e. The zero-order chi connectivity index (χ0) is 16.5. The molecule has 0 heterocycles. The Bertz CT molecular complexity index is 486. The third-order valence-corrected chi connectivity index (χ3v) is 5.00. The van der Waals surface area contributed by atoms with Crippen LogP contribution in [0.5, 0.6) is 0 Å². The molecule has 0 bridgehead atoms. The summed E-state index contributed by atoms with van der Waals surface area (Å²) in [5.74, 6) is 0.763. The van der Waals surface area contributed by atoms with Gasteiger partial charge in [-0.15, -0.1) is 12.4 Å². The number of methoxy groups -OCH3 is 1. The van der Waals surface area contributed by atoms with Gasteiger partial charge in [-0.2, -0.15) is 0 Å². The summed E-state index contributed by atoms with van der Waals surface area (Å²) in [5, 5.41) is 3.67. The van der Waals surface area contributed by atoms with Gasteiger partial charge < -0.3 is 10.1 Å². The van der Waals surface area contributed by atoms with Crippen LogP contribution < -0.4 is 5.32 Å². The third kappa shape index (κ3) is 7.23. The lowest BCUT2D eigenvalue weighted by atomic mass is 9.85. The van der Waals surface area contributed by atoms with Gasteiger partial charge in [0.15, 0.2) is 0 Å². The summed E-state index contributed by atoms with van der Waals surface area (Å²) in [6, 6.07) is 8.94. The number of benzene rings is 1. The van der Waals surface area contributed by atoms with Crippen LogP contribution in [0.15, 0.2) is 24.3 Å². The number of ether oxygens (including phenoxy) is 1. The Kier molecular flexibility index (Phi) is 10.0. The molecule has 0 amide bonds. The third-order valence-electron chi connectivity index (χ3n) is 5.00. The molecule has 1 N–H and O–H groups in total. The topological polar surface area (TPSA) is 38.3 Å². The maximum Gasteiger partial charge on any atom is 0.305 e. The summed E-state index contributed by atoms with van der Waals surface area (Å²) < 4.78 is 4.74. The van der Waals surface area contributed by atoms with Gasteiger partial charge in [0, 0.05) is 19.0 Å². The summed E-state index contributed by atoms with van der Waals surface area (Å²) >= 11 is 0. The molecule has 4 heteroatoms. The van der Waals surface area contributed by atoms with Gasteiger partial charge in [-0.3, -0.25) is 4.79 Å². The standard InChI is InChI=1S/C20H31NO2.ClH/c1-16(14-17-8-4-3-5-9-17)21-15-19-11-7-6-10-18(19)12-13-20(22)23-2;/h6-7,10-11,16-17,21H,3-5,8-9,12-15H2,1-2H3;1H. The SMILES string of the molecule is COC(=O)CCc1ccccc1CNC(C)CC1CCCCC1.Cl. The Hall–Kier alpha value is -1.06. The molecule has 1 aliphatic carbocycles. The van der Waals surface area contributed by atoms with E-state index in [1.165, 1.54) is 56.8 Å². The Morgan fingerprint density at radius 2 is 1.88 bits per heavy atom. The monoisotopic (exact) mass is 353 g/mol. The van der Waals surface area contributed by atoms with Crippen LogP contribution in [0.4, 0.5) is 0 Å². The molecule has 1 atom stereocenters. The van der Waals surface area contributed by atoms with Crippen LogP contribution in [-0.2, 0) is 22.5 Å². The molecule has 1 aliphatic rings. The van der Waals surface area contributed by atoms with E-state index in [1.54, 1.807) is 0 Å². The fourth-order valence-corrected chi connectivity index (χ4v) is 3.60. The molecule has 1 aromatic carbocycles. The van der Waals surface area contributed by atoms with Gasteiger partial charge in [-0.1, -0.05) is 56.4 Å². The number of hydrogen-bond donors (Lipinski definition) is 1. The Morgan fingerprint density at radius 1 is 1.21 bits per heavy atom. The van der Waals surface area contributed by atoms with Crippen LogP contribution in [0.25, 0.3) is 0 Å². The minimum atomic E-state index is -0.140. The minimum absolute atomic E-state index is 0. The van der Waals surface area contributed by atoms with Crippen molar-refractivity contribution in [1.82, 2.24) is 5.32 Å². The van der Waals surface area contributed by atoms with E-state index < -0.39 is 0 Å². The summed E-state index contributed by atoms with van der Waals surface area (Å²) in [7, 11) is 1.45. The summed E-state index contributed by atoms with van der Waals surface area (Å²) in [5.41, 5.74) is 2.54. The highest BCUT2D eigenvalue weighted by Gasteiger charge is 2.16. The zero-order valence-electron chi connectivity index (χ0n) is 15.1. The van der Waals surface area contributed by atoms with Crippen molar-refractivity contribution in [3.05, 3.63) is 35.4 Å². The lowest BCUT2D eigenvalue weighted by Gasteiger charge is -2.25. The fraction of sp³-hybridized carbons (Fsp3) is 0.650. The average Bonchev–Trinajstić information content (AvgIpc) is 2.59. The van der Waals surface area contributed by atoms with Gasteiger partial charge >= 0.3 is 5.97 Å². The second-order valence-electron chi connectivity index (χ2n) is 6.87. The first-order valence-corrected chi connectivity index (χ1v) is 9.06. The molecule has 0 spiro atoms. The average molecular weight is 354 g/mol. The van der Waals surface area contributed by atoms with Crippen LogP contribution >= 0.6 is 12.4 Å². The molecule has 1 unspecified atom stereocenters. The van der Waals surface area contributed by atoms with Gasteiger partial charge in [-0.05, 0) is 36.8 Å². The first-order chi connectivity index (χ1) is 11.2. The quantitative estimate of drug-likeness (QED) is 0.690. The molecule has 136 valence electrons. The number of nitrogens with one attached hydrogen (secondary N) is 1. The van der Waals surface area contributed by atoms with E-state index in [1.807, 2.05) is 6.07 Å². The molecule has 0 aromatic heterocycles. The largest absolute Gasteiger partial charge is 0.469 e. The summed E-state index contributed by atoms with van der Waals surface area (Å²) in [4.78, 5) is 11.3. The molecular weight excluding hydrogens is 322 g/mol. The number of rotatable bonds is 8. The van der Waals surface area contributed by atoms with E-state index in [0.717, 1.165) is 18.9 Å². The number of aryl methyl sites for hydroxylation is 1. The Balaban J connectivity index is 0.00000288. The van der Waals surface area contributed by atoms with Crippen molar-refractivity contribution in [3.8, 4) is 0 Å². The van der Waals surface area contributed by atoms with E-state index in [4.69, 9.17) is 4.74 Å². The normalized spacial score (nSPS) is 16.2. The number of esters is 1. The van der Waals surface area contributed by atoms with Crippen LogP contribution in [0, 0.1) is 5.92 Å². The highest BCUT2D eigenvalue weighted by Crippen LogP contribution is 2.27. The molecule has 1 fully saturated rings. The first kappa shape index (κ1) is 21.0. The van der Waals surface area contributed by atoms with Crippen molar-refractivity contribution in [2.45, 2.75) is 70.9 Å². The fourth-order valence-electron chi connectivity index (χ4n) is 3.60. The van der Waals surface area contributed by atoms with Crippen molar-refractivity contribution < 1.29 is 9.53 Å². The molecule has 2 rings (SSSR count). The Morgan fingerprint density at radius 3 is 2.54 bits per heavy atom. The van der Waals surface area contributed by atoms with Gasteiger partial charge in [0.05, 0.1) is 7.11 Å². The first-order valence-electron chi connectivity index (χ1n) is 9.06. The molecule has 0 saturated heterocycles. The van der Waals surface area contributed by atoms with Crippen molar-refractivity contribution >= 4 is 18.4 Å². The predicted octanol–water partition coefficient (Wildman–Crippen LogP) is 4.66. The van der Waals surface area contributed by atoms with Crippen molar-refractivity contribution in [2.75, 3.05) is 7.11 Å². The van der Waals surface area contributed by atoms with E-state index in [2.05, 4.69) is 30.4 Å². The predicted molar refractivity (Wildman–Crippen MR) is 102 cm³/mol. The van der Waals surface area contributed by atoms with Crippen LogP contribution in [0.3, 0.4) is 0 Å². The van der Waals surface area contributed by atoms with Gasteiger partial charge in [0.1, 0.15) is 0 Å². The maximum atomic E-state index is 11.3. The number of carbonyl (C=O) groups excluding carboxylic acids is 1. The van der Waals surface area contributed by atoms with Crippen LogP contribution in [0.1, 0.15) is 63.0 Å². The molecular formula is C20H32ClNO2. The summed E-state index contributed by atoms with van der Waals surface area (Å²) in [6.45, 7) is 3.18. The molecule has 1 aromatic rings. The van der Waals surface area contributed by atoms with Crippen molar-refractivity contribution in [2.24, 2.45) is 5.92 Å². The molecule has 3 nitrogen and oxygen atoms in total. The number of halogens is 1. The van der Waals surface area contributed by atoms with E-state index >= 15 is 0 Å². The van der Waals surface area contributed by atoms with E-state index in [0.29, 0.717) is 12.5 Å². The van der Waals surface area contributed by atoms with Crippen LogP contribution in [-0.4, -0.2) is 19.1 Å². The second kappa shape index (κ2) is 11.5. The van der Waals surface area contributed by atoms with Gasteiger partial charge in [0.2, 0.25) is 0 Å². The van der Waals surface area contributed by atoms with Crippen LogP contribution in [0.2, 0.25) is 0 Å². The highest BCUT2D eigenvalue weighted by atomic mass is 35.5. The zero-order valence-corrected chi connectivity index (χ0v) is 15.9. The molecule has 0 radical (unpaired) electrons. The van der Waals surface area contributed by atoms with E-state index in [9.17, 15) is 4.79 Å². The molecule has 0 aliphatic heterocycles. The maximum absolute atomic E-state index is 11.3. The lowest BCUT2D eigenvalue weighted by Crippen LogP contribution is -2.29. The molecule has 1 saturated carbocycles. The second-order valence-corrected chi connectivity index (χ2v) is 6.87. The van der Waals surface area contributed by atoms with Gasteiger partial charge in [0.25, 0.3) is 0 Å². The van der Waals surface area contributed by atoms with Gasteiger partial charge in [-0.25, -0.2) is 0 Å². The van der Waals surface area contributed by atoms with E-state index in [-0.39, 0.29) is 18.4 Å².